The molecule has 162 valence electrons. The zero-order valence-electron chi connectivity index (χ0n) is 17.6. The number of guanidine groups is 1. The fraction of sp³-hybridized carbons (Fsp3) is 0.391. The SMILES string of the molecule is CN=C(NCC(C(=O)N1CCOCC1)c1ccccc1)NC(C)c1ccccc1.I. The Morgan fingerprint density at radius 2 is 1.60 bits per heavy atom. The Kier molecular flexibility index (Phi) is 10.1. The van der Waals surface area contributed by atoms with Crippen LogP contribution in [0, 0.1) is 0 Å². The van der Waals surface area contributed by atoms with Crippen LogP contribution in [0.15, 0.2) is 65.7 Å². The molecule has 0 saturated carbocycles. The summed E-state index contributed by atoms with van der Waals surface area (Å²) in [4.78, 5) is 19.4. The van der Waals surface area contributed by atoms with Crippen molar-refractivity contribution in [1.29, 1.82) is 0 Å². The zero-order chi connectivity index (χ0) is 20.5. The number of morpholine rings is 1. The highest BCUT2D eigenvalue weighted by Gasteiger charge is 2.27. The Bertz CT molecular complexity index is 795. The van der Waals surface area contributed by atoms with Gasteiger partial charge in [0.1, 0.15) is 0 Å². The summed E-state index contributed by atoms with van der Waals surface area (Å²) in [6, 6.07) is 20.2. The third-order valence-electron chi connectivity index (χ3n) is 5.17. The van der Waals surface area contributed by atoms with E-state index in [0.29, 0.717) is 38.8 Å². The van der Waals surface area contributed by atoms with Crippen LogP contribution in [-0.2, 0) is 9.53 Å². The molecule has 1 saturated heterocycles. The van der Waals surface area contributed by atoms with E-state index in [9.17, 15) is 4.79 Å². The molecule has 0 aromatic heterocycles. The Morgan fingerprint density at radius 1 is 1.03 bits per heavy atom. The minimum Gasteiger partial charge on any atom is -0.378 e. The van der Waals surface area contributed by atoms with Crippen molar-refractivity contribution in [3.63, 3.8) is 0 Å². The van der Waals surface area contributed by atoms with Crippen LogP contribution < -0.4 is 10.6 Å². The summed E-state index contributed by atoms with van der Waals surface area (Å²) in [7, 11) is 1.74. The molecule has 2 unspecified atom stereocenters. The topological polar surface area (TPSA) is 66.0 Å². The lowest BCUT2D eigenvalue weighted by Crippen LogP contribution is -2.47. The molecule has 1 heterocycles. The normalized spacial score (nSPS) is 16.2. The molecule has 7 heteroatoms. The third kappa shape index (κ3) is 6.70. The summed E-state index contributed by atoms with van der Waals surface area (Å²) in [5, 5.41) is 6.75. The Hall–Kier alpha value is -2.13. The van der Waals surface area contributed by atoms with E-state index in [2.05, 4.69) is 34.7 Å². The maximum Gasteiger partial charge on any atom is 0.232 e. The smallest absolute Gasteiger partial charge is 0.232 e. The Morgan fingerprint density at radius 3 is 2.17 bits per heavy atom. The van der Waals surface area contributed by atoms with Crippen molar-refractivity contribution in [2.45, 2.75) is 18.9 Å². The zero-order valence-corrected chi connectivity index (χ0v) is 19.9. The number of amides is 1. The van der Waals surface area contributed by atoms with Gasteiger partial charge in [0.05, 0.1) is 25.2 Å². The van der Waals surface area contributed by atoms with Gasteiger partial charge in [0.25, 0.3) is 0 Å². The number of carbonyl (C=O) groups excluding carboxylic acids is 1. The van der Waals surface area contributed by atoms with Gasteiger partial charge in [-0.25, -0.2) is 0 Å². The average Bonchev–Trinajstić information content (AvgIpc) is 2.80. The molecule has 30 heavy (non-hydrogen) atoms. The number of rotatable bonds is 6. The van der Waals surface area contributed by atoms with E-state index >= 15 is 0 Å². The molecule has 2 N–H and O–H groups in total. The molecule has 0 bridgehead atoms. The standard InChI is InChI=1S/C23H30N4O2.HI/c1-18(19-9-5-3-6-10-19)26-23(24-2)25-17-21(20-11-7-4-8-12-20)22(28)27-13-15-29-16-14-27;/h3-12,18,21H,13-17H2,1-2H3,(H2,24,25,26);1H. The fourth-order valence-electron chi connectivity index (χ4n) is 3.46. The van der Waals surface area contributed by atoms with E-state index in [1.54, 1.807) is 7.05 Å². The quantitative estimate of drug-likeness (QED) is 0.348. The van der Waals surface area contributed by atoms with Crippen LogP contribution >= 0.6 is 24.0 Å². The molecular formula is C23H31IN4O2. The first-order valence-electron chi connectivity index (χ1n) is 10.1. The van der Waals surface area contributed by atoms with Gasteiger partial charge in [-0.1, -0.05) is 60.7 Å². The summed E-state index contributed by atoms with van der Waals surface area (Å²) in [6.45, 7) is 5.04. The van der Waals surface area contributed by atoms with E-state index in [1.165, 1.54) is 5.56 Å². The van der Waals surface area contributed by atoms with Gasteiger partial charge in [0.15, 0.2) is 5.96 Å². The first-order valence-corrected chi connectivity index (χ1v) is 10.1. The number of hydrogen-bond acceptors (Lipinski definition) is 3. The number of aliphatic imine (C=N–C) groups is 1. The molecule has 1 amide bonds. The van der Waals surface area contributed by atoms with Gasteiger partial charge >= 0.3 is 0 Å². The Labute approximate surface area is 196 Å². The lowest BCUT2D eigenvalue weighted by Gasteiger charge is -2.31. The van der Waals surface area contributed by atoms with Crippen molar-refractivity contribution in [3.05, 3.63) is 71.8 Å². The van der Waals surface area contributed by atoms with Crippen LogP contribution in [0.25, 0.3) is 0 Å². The van der Waals surface area contributed by atoms with Gasteiger partial charge in [-0.3, -0.25) is 9.79 Å². The second-order valence-electron chi connectivity index (χ2n) is 7.13. The first-order chi connectivity index (χ1) is 14.2. The number of hydrogen-bond donors (Lipinski definition) is 2. The highest BCUT2D eigenvalue weighted by Crippen LogP contribution is 2.19. The van der Waals surface area contributed by atoms with E-state index in [-0.39, 0.29) is 41.8 Å². The second kappa shape index (κ2) is 12.5. The largest absolute Gasteiger partial charge is 0.378 e. The van der Waals surface area contributed by atoms with Gasteiger partial charge < -0.3 is 20.3 Å². The summed E-state index contributed by atoms with van der Waals surface area (Å²) in [5.41, 5.74) is 2.18. The van der Waals surface area contributed by atoms with Gasteiger partial charge in [-0.05, 0) is 18.1 Å². The summed E-state index contributed by atoms with van der Waals surface area (Å²) >= 11 is 0. The van der Waals surface area contributed by atoms with Gasteiger partial charge in [0, 0.05) is 26.7 Å². The molecule has 2 aromatic rings. The van der Waals surface area contributed by atoms with Gasteiger partial charge in [-0.2, -0.15) is 0 Å². The summed E-state index contributed by atoms with van der Waals surface area (Å²) in [5.74, 6) is 0.524. The molecule has 0 aliphatic carbocycles. The molecule has 1 fully saturated rings. The molecule has 2 aromatic carbocycles. The molecule has 0 radical (unpaired) electrons. The molecular weight excluding hydrogens is 491 g/mol. The lowest BCUT2D eigenvalue weighted by atomic mass is 9.97. The van der Waals surface area contributed by atoms with Gasteiger partial charge in [0.2, 0.25) is 5.91 Å². The number of ether oxygens (including phenoxy) is 1. The van der Waals surface area contributed by atoms with E-state index < -0.39 is 0 Å². The van der Waals surface area contributed by atoms with Crippen molar-refractivity contribution < 1.29 is 9.53 Å². The van der Waals surface area contributed by atoms with Crippen molar-refractivity contribution in [2.75, 3.05) is 39.9 Å². The minimum absolute atomic E-state index is 0. The lowest BCUT2D eigenvalue weighted by molar-refractivity contribution is -0.136. The minimum atomic E-state index is -0.278. The Balaban J connectivity index is 0.00000320. The predicted molar refractivity (Wildman–Crippen MR) is 131 cm³/mol. The first kappa shape index (κ1) is 24.1. The van der Waals surface area contributed by atoms with Crippen LogP contribution in [0.1, 0.15) is 30.0 Å². The number of benzene rings is 2. The maximum atomic E-state index is 13.2. The summed E-state index contributed by atoms with van der Waals surface area (Å²) in [6.07, 6.45) is 0. The van der Waals surface area contributed by atoms with Crippen LogP contribution in [0.2, 0.25) is 0 Å². The van der Waals surface area contributed by atoms with Crippen LogP contribution in [-0.4, -0.2) is 56.7 Å². The maximum absolute atomic E-state index is 13.2. The molecule has 1 aliphatic heterocycles. The van der Waals surface area contributed by atoms with E-state index in [1.807, 2.05) is 53.4 Å². The summed E-state index contributed by atoms with van der Waals surface area (Å²) < 4.78 is 5.40. The third-order valence-corrected chi connectivity index (χ3v) is 5.17. The van der Waals surface area contributed by atoms with Gasteiger partial charge in [-0.15, -0.1) is 24.0 Å². The van der Waals surface area contributed by atoms with Crippen molar-refractivity contribution in [2.24, 2.45) is 4.99 Å². The van der Waals surface area contributed by atoms with E-state index in [0.717, 1.165) is 5.56 Å². The average molecular weight is 522 g/mol. The van der Waals surface area contributed by atoms with E-state index in [4.69, 9.17) is 4.74 Å². The fourth-order valence-corrected chi connectivity index (χ4v) is 3.46. The molecule has 6 nitrogen and oxygen atoms in total. The van der Waals surface area contributed by atoms with Crippen LogP contribution in [0.4, 0.5) is 0 Å². The molecule has 2 atom stereocenters. The highest BCUT2D eigenvalue weighted by molar-refractivity contribution is 14.0. The molecule has 0 spiro atoms. The monoisotopic (exact) mass is 522 g/mol. The number of nitrogens with zero attached hydrogens (tertiary/aromatic N) is 2. The molecule has 3 rings (SSSR count). The van der Waals surface area contributed by atoms with Crippen LogP contribution in [0.5, 0.6) is 0 Å². The van der Waals surface area contributed by atoms with Crippen molar-refractivity contribution >= 4 is 35.8 Å². The van der Waals surface area contributed by atoms with Crippen molar-refractivity contribution in [3.8, 4) is 0 Å². The number of carbonyl (C=O) groups is 1. The van der Waals surface area contributed by atoms with Crippen LogP contribution in [0.3, 0.4) is 0 Å². The second-order valence-corrected chi connectivity index (χ2v) is 7.13. The number of halogens is 1. The highest BCUT2D eigenvalue weighted by atomic mass is 127. The van der Waals surface area contributed by atoms with Crippen molar-refractivity contribution in [1.82, 2.24) is 15.5 Å². The number of nitrogens with one attached hydrogen (secondary N) is 2. The molecule has 1 aliphatic rings. The predicted octanol–water partition coefficient (Wildman–Crippen LogP) is 3.17.